The average molecular weight is 321 g/mol. The lowest BCUT2D eigenvalue weighted by Gasteiger charge is -2.24. The molecule has 0 bridgehead atoms. The van der Waals surface area contributed by atoms with Crippen molar-refractivity contribution in [3.63, 3.8) is 0 Å². The van der Waals surface area contributed by atoms with Crippen LogP contribution in [0, 0.1) is 11.8 Å². The number of rotatable bonds is 7. The highest BCUT2D eigenvalue weighted by atomic mass is 32.1. The van der Waals surface area contributed by atoms with Gasteiger partial charge in [0.05, 0.1) is 6.61 Å². The van der Waals surface area contributed by atoms with Crippen molar-refractivity contribution in [3.8, 4) is 5.75 Å². The van der Waals surface area contributed by atoms with E-state index >= 15 is 0 Å². The van der Waals surface area contributed by atoms with Gasteiger partial charge in [0.25, 0.3) is 0 Å². The van der Waals surface area contributed by atoms with Gasteiger partial charge in [-0.1, -0.05) is 33.0 Å². The Kier molecular flexibility index (Phi) is 6.65. The van der Waals surface area contributed by atoms with Crippen molar-refractivity contribution < 1.29 is 4.74 Å². The molecule has 0 spiro atoms. The van der Waals surface area contributed by atoms with E-state index in [9.17, 15) is 0 Å². The first-order chi connectivity index (χ1) is 10.6. The minimum atomic E-state index is 0.458. The molecule has 2 unspecified atom stereocenters. The number of hydrogen-bond donors (Lipinski definition) is 2. The van der Waals surface area contributed by atoms with Crippen LogP contribution in [0.5, 0.6) is 5.75 Å². The predicted octanol–water partition coefficient (Wildman–Crippen LogP) is 3.37. The summed E-state index contributed by atoms with van der Waals surface area (Å²) in [5.74, 6) is 2.12. The normalized spacial score (nSPS) is 19.2. The van der Waals surface area contributed by atoms with Crippen molar-refractivity contribution in [2.75, 3.05) is 19.7 Å². The summed E-state index contributed by atoms with van der Waals surface area (Å²) in [4.78, 5) is 0.842. The van der Waals surface area contributed by atoms with Gasteiger partial charge in [0.15, 0.2) is 0 Å². The lowest BCUT2D eigenvalue weighted by molar-refractivity contribution is 0.271. The third-order valence-electron chi connectivity index (χ3n) is 4.12. The highest BCUT2D eigenvalue weighted by Gasteiger charge is 2.24. The van der Waals surface area contributed by atoms with Gasteiger partial charge in [0, 0.05) is 11.6 Å². The second kappa shape index (κ2) is 8.49. The Hall–Kier alpha value is -1.13. The van der Waals surface area contributed by atoms with E-state index in [-0.39, 0.29) is 0 Å². The maximum Gasteiger partial charge on any atom is 0.119 e. The minimum Gasteiger partial charge on any atom is -0.493 e. The fraction of sp³-hybridized carbons (Fsp3) is 0.611. The standard InChI is InChI=1S/C18H28N2OS/c1-4-17(15-9-10-19-11-15)20-18(22)14-5-7-16(8-6-14)21-12-13(2)3/h5-8,13,15,17,19H,4,9-12H2,1-3H3,(H,20,22). The van der Waals surface area contributed by atoms with E-state index in [2.05, 4.69) is 31.4 Å². The lowest BCUT2D eigenvalue weighted by Crippen LogP contribution is -2.40. The molecule has 0 saturated carbocycles. The molecular formula is C18H28N2OS. The largest absolute Gasteiger partial charge is 0.493 e. The fourth-order valence-electron chi connectivity index (χ4n) is 2.79. The second-order valence-corrected chi connectivity index (χ2v) is 6.88. The molecule has 22 heavy (non-hydrogen) atoms. The molecule has 3 nitrogen and oxygen atoms in total. The molecule has 4 heteroatoms. The van der Waals surface area contributed by atoms with Crippen molar-refractivity contribution in [1.82, 2.24) is 10.6 Å². The monoisotopic (exact) mass is 320 g/mol. The molecule has 2 atom stereocenters. The van der Waals surface area contributed by atoms with Crippen molar-refractivity contribution in [2.24, 2.45) is 11.8 Å². The number of hydrogen-bond acceptors (Lipinski definition) is 3. The molecule has 1 aliphatic heterocycles. The number of thiocarbonyl (C=S) groups is 1. The van der Waals surface area contributed by atoms with Gasteiger partial charge in [-0.3, -0.25) is 0 Å². The molecule has 2 rings (SSSR count). The van der Waals surface area contributed by atoms with Crippen LogP contribution in [-0.2, 0) is 0 Å². The summed E-state index contributed by atoms with van der Waals surface area (Å²) in [6, 6.07) is 8.56. The van der Waals surface area contributed by atoms with Gasteiger partial charge < -0.3 is 15.4 Å². The van der Waals surface area contributed by atoms with E-state index < -0.39 is 0 Å². The molecule has 1 aliphatic rings. The Bertz CT molecular complexity index is 466. The molecule has 1 heterocycles. The van der Waals surface area contributed by atoms with Crippen molar-refractivity contribution in [1.29, 1.82) is 0 Å². The van der Waals surface area contributed by atoms with Crippen molar-refractivity contribution in [2.45, 2.75) is 39.7 Å². The molecule has 2 N–H and O–H groups in total. The van der Waals surface area contributed by atoms with Gasteiger partial charge >= 0.3 is 0 Å². The smallest absolute Gasteiger partial charge is 0.119 e. The molecule has 1 fully saturated rings. The maximum absolute atomic E-state index is 5.71. The van der Waals surface area contributed by atoms with E-state index in [0.717, 1.165) is 42.4 Å². The predicted molar refractivity (Wildman–Crippen MR) is 96.7 cm³/mol. The van der Waals surface area contributed by atoms with E-state index in [4.69, 9.17) is 17.0 Å². The molecule has 0 aromatic heterocycles. The number of benzene rings is 1. The maximum atomic E-state index is 5.71. The molecule has 1 aromatic carbocycles. The molecule has 1 saturated heterocycles. The highest BCUT2D eigenvalue weighted by molar-refractivity contribution is 7.80. The Morgan fingerprint density at radius 3 is 2.64 bits per heavy atom. The number of nitrogens with one attached hydrogen (secondary N) is 2. The van der Waals surface area contributed by atoms with Gasteiger partial charge in [-0.15, -0.1) is 0 Å². The summed E-state index contributed by atoms with van der Waals surface area (Å²) in [5, 5.41) is 6.98. The van der Waals surface area contributed by atoms with E-state index in [1.807, 2.05) is 24.3 Å². The van der Waals surface area contributed by atoms with Gasteiger partial charge in [-0.25, -0.2) is 0 Å². The van der Waals surface area contributed by atoms with E-state index in [1.54, 1.807) is 0 Å². The Balaban J connectivity index is 1.91. The highest BCUT2D eigenvalue weighted by Crippen LogP contribution is 2.18. The first kappa shape index (κ1) is 17.2. The Labute approximate surface area is 139 Å². The fourth-order valence-corrected chi connectivity index (χ4v) is 3.08. The minimum absolute atomic E-state index is 0.458. The molecular weight excluding hydrogens is 292 g/mol. The third kappa shape index (κ3) is 4.96. The zero-order chi connectivity index (χ0) is 15.9. The first-order valence-electron chi connectivity index (χ1n) is 8.34. The summed E-state index contributed by atoms with van der Waals surface area (Å²) in [7, 11) is 0. The van der Waals surface area contributed by atoms with Crippen LogP contribution in [0.1, 0.15) is 39.2 Å². The van der Waals surface area contributed by atoms with Crippen LogP contribution >= 0.6 is 12.2 Å². The Morgan fingerprint density at radius 2 is 2.09 bits per heavy atom. The van der Waals surface area contributed by atoms with Gasteiger partial charge in [0.2, 0.25) is 0 Å². The topological polar surface area (TPSA) is 33.3 Å². The van der Waals surface area contributed by atoms with Crippen LogP contribution in [0.3, 0.4) is 0 Å². The summed E-state index contributed by atoms with van der Waals surface area (Å²) < 4.78 is 5.71. The van der Waals surface area contributed by atoms with Crippen LogP contribution in [0.15, 0.2) is 24.3 Å². The zero-order valence-corrected chi connectivity index (χ0v) is 14.7. The molecule has 0 amide bonds. The third-order valence-corrected chi connectivity index (χ3v) is 4.48. The Morgan fingerprint density at radius 1 is 1.36 bits per heavy atom. The van der Waals surface area contributed by atoms with Crippen LogP contribution in [-0.4, -0.2) is 30.7 Å². The van der Waals surface area contributed by atoms with Crippen molar-refractivity contribution in [3.05, 3.63) is 29.8 Å². The number of ether oxygens (including phenoxy) is 1. The van der Waals surface area contributed by atoms with Crippen LogP contribution < -0.4 is 15.4 Å². The zero-order valence-electron chi connectivity index (χ0n) is 13.9. The summed E-state index contributed by atoms with van der Waals surface area (Å²) in [6.07, 6.45) is 2.33. The molecule has 122 valence electrons. The second-order valence-electron chi connectivity index (χ2n) is 6.47. The quantitative estimate of drug-likeness (QED) is 0.755. The van der Waals surface area contributed by atoms with E-state index in [0.29, 0.717) is 17.9 Å². The van der Waals surface area contributed by atoms with Crippen LogP contribution in [0.4, 0.5) is 0 Å². The van der Waals surface area contributed by atoms with Gasteiger partial charge in [0.1, 0.15) is 10.7 Å². The lowest BCUT2D eigenvalue weighted by atomic mass is 9.96. The van der Waals surface area contributed by atoms with E-state index in [1.165, 1.54) is 6.42 Å². The summed E-state index contributed by atoms with van der Waals surface area (Å²) in [6.45, 7) is 9.48. The van der Waals surface area contributed by atoms with Gasteiger partial charge in [-0.2, -0.15) is 0 Å². The van der Waals surface area contributed by atoms with Crippen LogP contribution in [0.25, 0.3) is 0 Å². The average Bonchev–Trinajstić information content (AvgIpc) is 3.05. The SMILES string of the molecule is CCC(NC(=S)c1ccc(OCC(C)C)cc1)C1CCNC1. The summed E-state index contributed by atoms with van der Waals surface area (Å²) in [5.41, 5.74) is 1.07. The van der Waals surface area contributed by atoms with Crippen LogP contribution in [0.2, 0.25) is 0 Å². The first-order valence-corrected chi connectivity index (χ1v) is 8.75. The van der Waals surface area contributed by atoms with Crippen molar-refractivity contribution >= 4 is 17.2 Å². The summed E-state index contributed by atoms with van der Waals surface area (Å²) >= 11 is 5.58. The molecule has 0 radical (unpaired) electrons. The molecule has 0 aliphatic carbocycles. The van der Waals surface area contributed by atoms with Gasteiger partial charge in [-0.05, 0) is 62.0 Å². The molecule has 1 aromatic rings.